The molecule has 0 aliphatic heterocycles. The zero-order valence-electron chi connectivity index (χ0n) is 10.9. The van der Waals surface area contributed by atoms with Gasteiger partial charge in [0.05, 0.1) is 5.52 Å². The molecule has 0 aliphatic carbocycles. The van der Waals surface area contributed by atoms with Crippen molar-refractivity contribution in [3.05, 3.63) is 54.4 Å². The van der Waals surface area contributed by atoms with Crippen LogP contribution in [0.2, 0.25) is 0 Å². The van der Waals surface area contributed by atoms with E-state index in [-0.39, 0.29) is 0 Å². The van der Waals surface area contributed by atoms with Gasteiger partial charge in [-0.15, -0.1) is 0 Å². The quantitative estimate of drug-likeness (QED) is 0.523. The van der Waals surface area contributed by atoms with Gasteiger partial charge in [0, 0.05) is 23.3 Å². The summed E-state index contributed by atoms with van der Waals surface area (Å²) in [5.41, 5.74) is 4.43. The van der Waals surface area contributed by atoms with Gasteiger partial charge in [0.1, 0.15) is 0 Å². The van der Waals surface area contributed by atoms with Gasteiger partial charge in [0.15, 0.2) is 11.2 Å². The summed E-state index contributed by atoms with van der Waals surface area (Å²) in [4.78, 5) is 13.0. The molecule has 4 aromatic rings. The molecule has 4 heteroatoms. The molecule has 20 heavy (non-hydrogen) atoms. The molecule has 0 radical (unpaired) electrons. The molecule has 0 saturated heterocycles. The summed E-state index contributed by atoms with van der Waals surface area (Å²) in [7, 11) is 0. The number of aromatic nitrogens is 3. The van der Waals surface area contributed by atoms with Crippen molar-refractivity contribution in [3.63, 3.8) is 0 Å². The van der Waals surface area contributed by atoms with Gasteiger partial charge in [0.2, 0.25) is 5.89 Å². The maximum atomic E-state index is 5.75. The molecule has 0 spiro atoms. The number of aryl methyl sites for hydroxylation is 1. The Balaban J connectivity index is 1.95. The summed E-state index contributed by atoms with van der Waals surface area (Å²) >= 11 is 0. The number of pyridine rings is 2. The van der Waals surface area contributed by atoms with Crippen molar-refractivity contribution in [1.29, 1.82) is 0 Å². The van der Waals surface area contributed by atoms with Gasteiger partial charge in [-0.1, -0.05) is 0 Å². The van der Waals surface area contributed by atoms with E-state index >= 15 is 0 Å². The number of hydrogen-bond acceptors (Lipinski definition) is 4. The average Bonchev–Trinajstić information content (AvgIpc) is 2.91. The van der Waals surface area contributed by atoms with Crippen LogP contribution in [0.5, 0.6) is 0 Å². The van der Waals surface area contributed by atoms with Gasteiger partial charge in [-0.3, -0.25) is 4.98 Å². The first-order valence-corrected chi connectivity index (χ1v) is 6.38. The molecule has 0 unspecified atom stereocenters. The second-order valence-electron chi connectivity index (χ2n) is 4.70. The van der Waals surface area contributed by atoms with E-state index in [1.807, 2.05) is 36.5 Å². The van der Waals surface area contributed by atoms with E-state index in [0.29, 0.717) is 17.1 Å². The molecule has 0 aliphatic rings. The Bertz CT molecular complexity index is 894. The molecule has 0 amide bonds. The van der Waals surface area contributed by atoms with Crippen LogP contribution in [0.3, 0.4) is 0 Å². The molecule has 1 aromatic carbocycles. The lowest BCUT2D eigenvalue weighted by Crippen LogP contribution is -1.84. The first-order valence-electron chi connectivity index (χ1n) is 6.38. The van der Waals surface area contributed by atoms with Crippen LogP contribution in [0.4, 0.5) is 0 Å². The lowest BCUT2D eigenvalue weighted by atomic mass is 10.1. The summed E-state index contributed by atoms with van der Waals surface area (Å²) in [5.74, 6) is 0.587. The number of benzene rings is 1. The zero-order chi connectivity index (χ0) is 13.5. The van der Waals surface area contributed by atoms with Crippen LogP contribution >= 0.6 is 0 Å². The second-order valence-corrected chi connectivity index (χ2v) is 4.70. The largest absolute Gasteiger partial charge is 0.434 e. The van der Waals surface area contributed by atoms with Crippen LogP contribution in [0.1, 0.15) is 5.56 Å². The summed E-state index contributed by atoms with van der Waals surface area (Å²) in [6, 6.07) is 11.7. The fourth-order valence-corrected chi connectivity index (χ4v) is 2.31. The minimum Gasteiger partial charge on any atom is -0.434 e. The average molecular weight is 261 g/mol. The highest BCUT2D eigenvalue weighted by atomic mass is 16.3. The van der Waals surface area contributed by atoms with Crippen molar-refractivity contribution in [3.8, 4) is 11.5 Å². The molecule has 0 saturated carbocycles. The van der Waals surface area contributed by atoms with Gasteiger partial charge in [-0.05, 0) is 48.9 Å². The fraction of sp³-hybridized carbons (Fsp3) is 0.0625. The van der Waals surface area contributed by atoms with Crippen molar-refractivity contribution in [2.24, 2.45) is 0 Å². The highest BCUT2D eigenvalue weighted by Crippen LogP contribution is 2.26. The maximum Gasteiger partial charge on any atom is 0.228 e. The SMILES string of the molecule is Cc1ccnc2ccc(-c3nc4ncccc4o3)cc12. The second kappa shape index (κ2) is 4.13. The molecule has 3 aromatic heterocycles. The Hall–Kier alpha value is -2.75. The van der Waals surface area contributed by atoms with Gasteiger partial charge in [-0.25, -0.2) is 4.98 Å². The fourth-order valence-electron chi connectivity index (χ4n) is 2.31. The predicted molar refractivity (Wildman–Crippen MR) is 77.3 cm³/mol. The number of fused-ring (bicyclic) bond motifs is 2. The first kappa shape index (κ1) is 11.1. The van der Waals surface area contributed by atoms with Crippen LogP contribution in [-0.2, 0) is 0 Å². The number of hydrogen-bond donors (Lipinski definition) is 0. The number of oxazole rings is 1. The third-order valence-electron chi connectivity index (χ3n) is 3.37. The topological polar surface area (TPSA) is 51.8 Å². The highest BCUT2D eigenvalue weighted by molar-refractivity contribution is 5.86. The normalized spacial score (nSPS) is 11.2. The van der Waals surface area contributed by atoms with Gasteiger partial charge in [0.25, 0.3) is 0 Å². The van der Waals surface area contributed by atoms with E-state index in [9.17, 15) is 0 Å². The summed E-state index contributed by atoms with van der Waals surface area (Å²) < 4.78 is 5.75. The van der Waals surface area contributed by atoms with Crippen LogP contribution < -0.4 is 0 Å². The Morgan fingerprint density at radius 1 is 1.00 bits per heavy atom. The van der Waals surface area contributed by atoms with E-state index in [0.717, 1.165) is 16.5 Å². The minimum atomic E-state index is 0.587. The first-order chi connectivity index (χ1) is 9.81. The van der Waals surface area contributed by atoms with Crippen LogP contribution in [-0.4, -0.2) is 15.0 Å². The monoisotopic (exact) mass is 261 g/mol. The van der Waals surface area contributed by atoms with Crippen molar-refractivity contribution in [1.82, 2.24) is 15.0 Å². The minimum absolute atomic E-state index is 0.587. The molecule has 4 rings (SSSR count). The Morgan fingerprint density at radius 2 is 1.95 bits per heavy atom. The van der Waals surface area contributed by atoms with Gasteiger partial charge < -0.3 is 4.42 Å². The molecule has 0 atom stereocenters. The van der Waals surface area contributed by atoms with Gasteiger partial charge >= 0.3 is 0 Å². The van der Waals surface area contributed by atoms with E-state index in [4.69, 9.17) is 4.42 Å². The molecular formula is C16H11N3O. The number of rotatable bonds is 1. The standard InChI is InChI=1S/C16H11N3O/c1-10-6-8-17-13-5-4-11(9-12(10)13)16-19-15-14(20-16)3-2-7-18-15/h2-9H,1H3. The smallest absolute Gasteiger partial charge is 0.228 e. The molecule has 0 fully saturated rings. The van der Waals surface area contributed by atoms with E-state index in [1.54, 1.807) is 6.20 Å². The molecule has 96 valence electrons. The van der Waals surface area contributed by atoms with Crippen LogP contribution in [0.25, 0.3) is 33.6 Å². The van der Waals surface area contributed by atoms with E-state index in [1.165, 1.54) is 5.56 Å². The lowest BCUT2D eigenvalue weighted by Gasteiger charge is -2.02. The van der Waals surface area contributed by atoms with Crippen molar-refractivity contribution in [2.75, 3.05) is 0 Å². The summed E-state index contributed by atoms with van der Waals surface area (Å²) in [6.07, 6.45) is 3.53. The van der Waals surface area contributed by atoms with E-state index < -0.39 is 0 Å². The highest BCUT2D eigenvalue weighted by Gasteiger charge is 2.09. The Kier molecular flexibility index (Phi) is 2.29. The third kappa shape index (κ3) is 1.66. The summed E-state index contributed by atoms with van der Waals surface area (Å²) in [6.45, 7) is 2.07. The van der Waals surface area contributed by atoms with Crippen LogP contribution in [0.15, 0.2) is 53.2 Å². The lowest BCUT2D eigenvalue weighted by molar-refractivity contribution is 0.620. The van der Waals surface area contributed by atoms with Crippen molar-refractivity contribution >= 4 is 22.1 Å². The van der Waals surface area contributed by atoms with Crippen molar-refractivity contribution < 1.29 is 4.42 Å². The maximum absolute atomic E-state index is 5.75. The summed E-state index contributed by atoms with van der Waals surface area (Å²) in [5, 5.41) is 1.11. The molecular weight excluding hydrogens is 250 g/mol. The Morgan fingerprint density at radius 3 is 2.85 bits per heavy atom. The zero-order valence-corrected chi connectivity index (χ0v) is 10.9. The molecule has 0 N–H and O–H groups in total. The predicted octanol–water partition coefficient (Wildman–Crippen LogP) is 3.75. The Labute approximate surface area is 115 Å². The molecule has 3 heterocycles. The van der Waals surface area contributed by atoms with Gasteiger partial charge in [-0.2, -0.15) is 4.98 Å². The van der Waals surface area contributed by atoms with Crippen LogP contribution in [0, 0.1) is 6.92 Å². The van der Waals surface area contributed by atoms with E-state index in [2.05, 4.69) is 27.9 Å². The van der Waals surface area contributed by atoms with Crippen molar-refractivity contribution in [2.45, 2.75) is 6.92 Å². The third-order valence-corrected chi connectivity index (χ3v) is 3.37. The number of nitrogens with zero attached hydrogens (tertiary/aromatic N) is 3. The molecule has 0 bridgehead atoms. The molecule has 4 nitrogen and oxygen atoms in total.